The number of hydrogen-bond donors (Lipinski definition) is 2. The van der Waals surface area contributed by atoms with Crippen molar-refractivity contribution in [1.29, 1.82) is 0 Å². The Labute approximate surface area is 82.8 Å². The predicted octanol–water partition coefficient (Wildman–Crippen LogP) is 2.05. The summed E-state index contributed by atoms with van der Waals surface area (Å²) < 4.78 is 0. The summed E-state index contributed by atoms with van der Waals surface area (Å²) in [6.45, 7) is 2.20. The first kappa shape index (κ1) is 9.21. The van der Waals surface area contributed by atoms with E-state index in [0.717, 1.165) is 23.3 Å². The van der Waals surface area contributed by atoms with E-state index in [1.54, 1.807) is 0 Å². The Morgan fingerprint density at radius 2 is 2.21 bits per heavy atom. The van der Waals surface area contributed by atoms with E-state index in [1.165, 1.54) is 0 Å². The summed E-state index contributed by atoms with van der Waals surface area (Å²) in [6.07, 6.45) is 0.899. The van der Waals surface area contributed by atoms with Crippen LogP contribution in [-0.2, 0) is 0 Å². The number of benzene rings is 1. The molecule has 0 saturated heterocycles. The van der Waals surface area contributed by atoms with Crippen LogP contribution in [0.3, 0.4) is 0 Å². The smallest absolute Gasteiger partial charge is 0.112 e. The van der Waals surface area contributed by atoms with Crippen LogP contribution in [0.5, 0.6) is 0 Å². The maximum atomic E-state index is 9.14. The SMILES string of the molecule is CCC(CO)c1nc2ccccc2[nH]1. The van der Waals surface area contributed by atoms with E-state index in [1.807, 2.05) is 31.2 Å². The summed E-state index contributed by atoms with van der Waals surface area (Å²) in [5, 5.41) is 9.14. The Kier molecular flexibility index (Phi) is 2.50. The zero-order valence-corrected chi connectivity index (χ0v) is 8.20. The molecule has 0 amide bonds. The molecule has 0 saturated carbocycles. The van der Waals surface area contributed by atoms with Crippen molar-refractivity contribution >= 4 is 11.0 Å². The Hall–Kier alpha value is -1.35. The molecule has 0 aliphatic carbocycles. The highest BCUT2D eigenvalue weighted by molar-refractivity contribution is 5.74. The largest absolute Gasteiger partial charge is 0.396 e. The lowest BCUT2D eigenvalue weighted by molar-refractivity contribution is 0.258. The number of fused-ring (bicyclic) bond motifs is 1. The molecule has 3 nitrogen and oxygen atoms in total. The lowest BCUT2D eigenvalue weighted by Crippen LogP contribution is -2.04. The van der Waals surface area contributed by atoms with Crippen LogP contribution in [0.1, 0.15) is 25.1 Å². The van der Waals surface area contributed by atoms with Crippen LogP contribution < -0.4 is 0 Å². The number of aromatic amines is 1. The van der Waals surface area contributed by atoms with Gasteiger partial charge in [-0.3, -0.25) is 0 Å². The molecular formula is C11H14N2O. The van der Waals surface area contributed by atoms with Gasteiger partial charge >= 0.3 is 0 Å². The van der Waals surface area contributed by atoms with Crippen LogP contribution in [0.4, 0.5) is 0 Å². The number of aliphatic hydroxyl groups is 1. The second-order valence-electron chi connectivity index (χ2n) is 3.43. The van der Waals surface area contributed by atoms with Gasteiger partial charge in [0.2, 0.25) is 0 Å². The van der Waals surface area contributed by atoms with Crippen molar-refractivity contribution in [3.05, 3.63) is 30.1 Å². The maximum Gasteiger partial charge on any atom is 0.112 e. The third-order valence-electron chi connectivity index (χ3n) is 2.51. The fourth-order valence-corrected chi connectivity index (χ4v) is 1.57. The fourth-order valence-electron chi connectivity index (χ4n) is 1.57. The summed E-state index contributed by atoms with van der Waals surface area (Å²) in [6, 6.07) is 7.91. The molecule has 0 bridgehead atoms. The van der Waals surface area contributed by atoms with E-state index in [2.05, 4.69) is 9.97 Å². The number of nitrogens with one attached hydrogen (secondary N) is 1. The van der Waals surface area contributed by atoms with Gasteiger partial charge in [0.1, 0.15) is 5.82 Å². The van der Waals surface area contributed by atoms with Gasteiger partial charge in [-0.05, 0) is 18.6 Å². The predicted molar refractivity (Wildman–Crippen MR) is 56.2 cm³/mol. The van der Waals surface area contributed by atoms with Crippen molar-refractivity contribution < 1.29 is 5.11 Å². The summed E-state index contributed by atoms with van der Waals surface area (Å²) in [5.41, 5.74) is 2.00. The molecule has 2 rings (SSSR count). The minimum Gasteiger partial charge on any atom is -0.396 e. The molecule has 14 heavy (non-hydrogen) atoms. The number of rotatable bonds is 3. The lowest BCUT2D eigenvalue weighted by Gasteiger charge is -2.06. The molecule has 1 atom stereocenters. The first-order valence-electron chi connectivity index (χ1n) is 4.90. The molecule has 1 aromatic heterocycles. The average Bonchev–Trinajstić information content (AvgIpc) is 2.63. The maximum absolute atomic E-state index is 9.14. The molecule has 0 radical (unpaired) electrons. The molecule has 2 aromatic rings. The number of H-pyrrole nitrogens is 1. The number of para-hydroxylation sites is 2. The van der Waals surface area contributed by atoms with E-state index in [4.69, 9.17) is 5.11 Å². The standard InChI is InChI=1S/C11H14N2O/c1-2-8(7-14)11-12-9-5-3-4-6-10(9)13-11/h3-6,8,14H,2,7H2,1H3,(H,12,13). The zero-order valence-electron chi connectivity index (χ0n) is 8.20. The molecule has 0 aliphatic rings. The van der Waals surface area contributed by atoms with Crippen molar-refractivity contribution in [2.45, 2.75) is 19.3 Å². The highest BCUT2D eigenvalue weighted by Gasteiger charge is 2.11. The van der Waals surface area contributed by atoms with Gasteiger partial charge < -0.3 is 10.1 Å². The third-order valence-corrected chi connectivity index (χ3v) is 2.51. The molecule has 1 unspecified atom stereocenters. The van der Waals surface area contributed by atoms with Gasteiger partial charge in [-0.2, -0.15) is 0 Å². The second-order valence-corrected chi connectivity index (χ2v) is 3.43. The van der Waals surface area contributed by atoms with Gasteiger partial charge in [-0.25, -0.2) is 4.98 Å². The number of nitrogens with zero attached hydrogens (tertiary/aromatic N) is 1. The van der Waals surface area contributed by atoms with Crippen LogP contribution in [0, 0.1) is 0 Å². The summed E-state index contributed by atoms with van der Waals surface area (Å²) >= 11 is 0. The normalized spacial score (nSPS) is 13.3. The van der Waals surface area contributed by atoms with E-state index in [0.29, 0.717) is 0 Å². The van der Waals surface area contributed by atoms with Gasteiger partial charge in [0, 0.05) is 5.92 Å². The highest BCUT2D eigenvalue weighted by Crippen LogP contribution is 2.19. The Bertz CT molecular complexity index is 385. The van der Waals surface area contributed by atoms with E-state index in [-0.39, 0.29) is 12.5 Å². The number of imidazole rings is 1. The molecule has 2 N–H and O–H groups in total. The summed E-state index contributed by atoms with van der Waals surface area (Å²) in [7, 11) is 0. The molecule has 74 valence electrons. The first-order valence-corrected chi connectivity index (χ1v) is 4.90. The van der Waals surface area contributed by atoms with Crippen molar-refractivity contribution in [3.63, 3.8) is 0 Å². The molecule has 1 heterocycles. The first-order chi connectivity index (χ1) is 6.85. The summed E-state index contributed by atoms with van der Waals surface area (Å²) in [4.78, 5) is 7.67. The Balaban J connectivity index is 2.43. The number of aromatic nitrogens is 2. The Morgan fingerprint density at radius 3 is 2.86 bits per heavy atom. The minimum atomic E-state index is 0.127. The van der Waals surface area contributed by atoms with Crippen molar-refractivity contribution in [3.8, 4) is 0 Å². The van der Waals surface area contributed by atoms with Gasteiger partial charge in [-0.15, -0.1) is 0 Å². The zero-order chi connectivity index (χ0) is 9.97. The van der Waals surface area contributed by atoms with Crippen LogP contribution in [0.15, 0.2) is 24.3 Å². The topological polar surface area (TPSA) is 48.9 Å². The average molecular weight is 190 g/mol. The quantitative estimate of drug-likeness (QED) is 0.778. The minimum absolute atomic E-state index is 0.127. The molecule has 0 spiro atoms. The summed E-state index contributed by atoms with van der Waals surface area (Å²) in [5.74, 6) is 1.01. The Morgan fingerprint density at radius 1 is 1.43 bits per heavy atom. The van der Waals surface area contributed by atoms with Gasteiger partial charge in [0.15, 0.2) is 0 Å². The number of hydrogen-bond acceptors (Lipinski definition) is 2. The molecule has 1 aromatic carbocycles. The molecule has 0 aliphatic heterocycles. The molecule has 3 heteroatoms. The molecule has 0 fully saturated rings. The molecular weight excluding hydrogens is 176 g/mol. The van der Waals surface area contributed by atoms with E-state index >= 15 is 0 Å². The highest BCUT2D eigenvalue weighted by atomic mass is 16.3. The van der Waals surface area contributed by atoms with Gasteiger partial charge in [0.25, 0.3) is 0 Å². The number of aliphatic hydroxyl groups excluding tert-OH is 1. The van der Waals surface area contributed by atoms with Crippen LogP contribution in [0.25, 0.3) is 11.0 Å². The van der Waals surface area contributed by atoms with Crippen LogP contribution in [-0.4, -0.2) is 21.7 Å². The van der Waals surface area contributed by atoms with E-state index < -0.39 is 0 Å². The fraction of sp³-hybridized carbons (Fsp3) is 0.364. The monoisotopic (exact) mass is 190 g/mol. The van der Waals surface area contributed by atoms with Crippen molar-refractivity contribution in [2.75, 3.05) is 6.61 Å². The second kappa shape index (κ2) is 3.80. The van der Waals surface area contributed by atoms with Gasteiger partial charge in [0.05, 0.1) is 17.6 Å². The van der Waals surface area contributed by atoms with Crippen molar-refractivity contribution in [2.24, 2.45) is 0 Å². The van der Waals surface area contributed by atoms with Crippen LogP contribution >= 0.6 is 0 Å². The third kappa shape index (κ3) is 1.51. The van der Waals surface area contributed by atoms with E-state index in [9.17, 15) is 0 Å². The van der Waals surface area contributed by atoms with Gasteiger partial charge in [-0.1, -0.05) is 19.1 Å². The lowest BCUT2D eigenvalue weighted by atomic mass is 10.1. The van der Waals surface area contributed by atoms with Crippen molar-refractivity contribution in [1.82, 2.24) is 9.97 Å². The van der Waals surface area contributed by atoms with Crippen LogP contribution in [0.2, 0.25) is 0 Å².